The molecule has 0 saturated carbocycles. The molecule has 1 N–H and O–H groups in total. The molecule has 0 aliphatic carbocycles. The molecule has 2 nitrogen and oxygen atoms in total. The second-order valence-electron chi connectivity index (χ2n) is 5.61. The van der Waals surface area contributed by atoms with Gasteiger partial charge in [0.05, 0.1) is 0 Å². The largest absolute Gasteiger partial charge is 0.385 e. The number of benzene rings is 1. The number of Topliss-reactive ketones (excluding diaryl/α,β-unsaturated/α-hetero) is 1. The number of aliphatic hydroxyl groups is 1. The normalized spacial score (nSPS) is 12.3. The molecule has 0 aliphatic heterocycles. The highest BCUT2D eigenvalue weighted by molar-refractivity contribution is 5.99. The maximum atomic E-state index is 11.7. The molecule has 0 bridgehead atoms. The molecular weight excluding hydrogens is 248 g/mol. The van der Waals surface area contributed by atoms with E-state index in [0.29, 0.717) is 5.56 Å². The molecule has 1 aromatic rings. The van der Waals surface area contributed by atoms with E-state index in [0.717, 1.165) is 6.42 Å². The lowest BCUT2D eigenvalue weighted by Crippen LogP contribution is -2.16. The van der Waals surface area contributed by atoms with Gasteiger partial charge in [-0.3, -0.25) is 4.79 Å². The van der Waals surface area contributed by atoms with Crippen molar-refractivity contribution in [1.82, 2.24) is 0 Å². The number of hydrogen-bond acceptors (Lipinski definition) is 2. The molecule has 0 spiro atoms. The molecule has 112 valence electrons. The van der Waals surface area contributed by atoms with E-state index in [1.54, 1.807) is 6.07 Å². The van der Waals surface area contributed by atoms with Gasteiger partial charge in [0.25, 0.3) is 0 Å². The van der Waals surface area contributed by atoms with Crippen molar-refractivity contribution in [3.63, 3.8) is 0 Å². The lowest BCUT2D eigenvalue weighted by molar-refractivity contribution is 0.0779. The SMILES string of the molecule is CCCCCCCCCc1cccc(C(=O)C(C)O)c1. The zero-order chi connectivity index (χ0) is 14.8. The maximum absolute atomic E-state index is 11.7. The standard InChI is InChI=1S/C18H28O2/c1-3-4-5-6-7-8-9-11-16-12-10-13-17(14-16)18(20)15(2)19/h10,12-15,19H,3-9,11H2,1-2H3. The highest BCUT2D eigenvalue weighted by Crippen LogP contribution is 2.13. The summed E-state index contributed by atoms with van der Waals surface area (Å²) in [5.74, 6) is -0.189. The van der Waals surface area contributed by atoms with E-state index >= 15 is 0 Å². The van der Waals surface area contributed by atoms with E-state index in [4.69, 9.17) is 0 Å². The Balaban J connectivity index is 2.30. The van der Waals surface area contributed by atoms with E-state index in [-0.39, 0.29) is 5.78 Å². The van der Waals surface area contributed by atoms with Crippen molar-refractivity contribution in [2.45, 2.75) is 71.3 Å². The van der Waals surface area contributed by atoms with E-state index in [9.17, 15) is 9.90 Å². The molecule has 2 heteroatoms. The van der Waals surface area contributed by atoms with E-state index < -0.39 is 6.10 Å². The Bertz CT molecular complexity index is 396. The molecule has 0 radical (unpaired) electrons. The summed E-state index contributed by atoms with van der Waals surface area (Å²) in [4.78, 5) is 11.7. The molecule has 1 atom stereocenters. The van der Waals surface area contributed by atoms with Crippen LogP contribution in [0.4, 0.5) is 0 Å². The maximum Gasteiger partial charge on any atom is 0.190 e. The molecule has 1 rings (SSSR count). The number of unbranched alkanes of at least 4 members (excludes halogenated alkanes) is 6. The Labute approximate surface area is 123 Å². The topological polar surface area (TPSA) is 37.3 Å². The number of carbonyl (C=O) groups excluding carboxylic acids is 1. The summed E-state index contributed by atoms with van der Waals surface area (Å²) in [5, 5.41) is 9.33. The Kier molecular flexibility index (Phi) is 8.20. The van der Waals surface area contributed by atoms with Crippen molar-refractivity contribution in [3.05, 3.63) is 35.4 Å². The third-order valence-electron chi connectivity index (χ3n) is 3.66. The second-order valence-corrected chi connectivity index (χ2v) is 5.61. The average Bonchev–Trinajstić information content (AvgIpc) is 2.45. The zero-order valence-corrected chi connectivity index (χ0v) is 12.9. The van der Waals surface area contributed by atoms with Gasteiger partial charge in [0.15, 0.2) is 5.78 Å². The lowest BCUT2D eigenvalue weighted by Gasteiger charge is -2.06. The number of aryl methyl sites for hydroxylation is 1. The Morgan fingerprint density at radius 2 is 1.75 bits per heavy atom. The Morgan fingerprint density at radius 1 is 1.10 bits per heavy atom. The third-order valence-corrected chi connectivity index (χ3v) is 3.66. The van der Waals surface area contributed by atoms with Gasteiger partial charge in [-0.1, -0.05) is 63.6 Å². The third kappa shape index (κ3) is 6.33. The molecular formula is C18H28O2. The Morgan fingerprint density at radius 3 is 2.40 bits per heavy atom. The van der Waals surface area contributed by atoms with Crippen molar-refractivity contribution in [3.8, 4) is 0 Å². The van der Waals surface area contributed by atoms with Crippen molar-refractivity contribution in [1.29, 1.82) is 0 Å². The number of ketones is 1. The predicted molar refractivity (Wildman–Crippen MR) is 84.2 cm³/mol. The number of aliphatic hydroxyl groups excluding tert-OH is 1. The van der Waals surface area contributed by atoms with Crippen LogP contribution in [-0.4, -0.2) is 17.0 Å². The predicted octanol–water partition coefficient (Wildman–Crippen LogP) is 4.54. The van der Waals surface area contributed by atoms with E-state index in [1.807, 2.05) is 12.1 Å². The molecule has 1 unspecified atom stereocenters. The fraction of sp³-hybridized carbons (Fsp3) is 0.611. The number of carbonyl (C=O) groups is 1. The fourth-order valence-electron chi connectivity index (χ4n) is 2.41. The molecule has 0 aliphatic rings. The van der Waals surface area contributed by atoms with Gasteiger partial charge < -0.3 is 5.11 Å². The summed E-state index contributed by atoms with van der Waals surface area (Å²) >= 11 is 0. The van der Waals surface area contributed by atoms with E-state index in [2.05, 4.69) is 13.0 Å². The van der Waals surface area contributed by atoms with Gasteiger partial charge in [0.1, 0.15) is 6.10 Å². The van der Waals surface area contributed by atoms with Crippen LogP contribution in [0.15, 0.2) is 24.3 Å². The van der Waals surface area contributed by atoms with Gasteiger partial charge in [-0.15, -0.1) is 0 Å². The van der Waals surface area contributed by atoms with Crippen LogP contribution >= 0.6 is 0 Å². The lowest BCUT2D eigenvalue weighted by atomic mass is 10.0. The molecule has 0 saturated heterocycles. The number of rotatable bonds is 10. The minimum absolute atomic E-state index is 0.189. The van der Waals surface area contributed by atoms with Crippen LogP contribution in [0.3, 0.4) is 0 Å². The molecule has 1 aromatic carbocycles. The van der Waals surface area contributed by atoms with Crippen LogP contribution in [0.2, 0.25) is 0 Å². The van der Waals surface area contributed by atoms with Crippen LogP contribution in [0.25, 0.3) is 0 Å². The van der Waals surface area contributed by atoms with Gasteiger partial charge in [-0.2, -0.15) is 0 Å². The highest BCUT2D eigenvalue weighted by Gasteiger charge is 2.11. The quantitative estimate of drug-likeness (QED) is 0.503. The van der Waals surface area contributed by atoms with Gasteiger partial charge in [-0.05, 0) is 31.4 Å². The van der Waals surface area contributed by atoms with Crippen LogP contribution in [0.5, 0.6) is 0 Å². The summed E-state index contributed by atoms with van der Waals surface area (Å²) in [6, 6.07) is 7.68. The summed E-state index contributed by atoms with van der Waals surface area (Å²) in [6.45, 7) is 3.76. The van der Waals surface area contributed by atoms with Crippen molar-refractivity contribution in [2.75, 3.05) is 0 Å². The van der Waals surface area contributed by atoms with Crippen LogP contribution in [0, 0.1) is 0 Å². The second kappa shape index (κ2) is 9.71. The monoisotopic (exact) mass is 276 g/mol. The fourth-order valence-corrected chi connectivity index (χ4v) is 2.41. The summed E-state index contributed by atoms with van der Waals surface area (Å²) < 4.78 is 0. The summed E-state index contributed by atoms with van der Waals surface area (Å²) in [5.41, 5.74) is 1.82. The van der Waals surface area contributed by atoms with Crippen molar-refractivity contribution in [2.24, 2.45) is 0 Å². The van der Waals surface area contributed by atoms with Gasteiger partial charge in [0.2, 0.25) is 0 Å². The first-order chi connectivity index (χ1) is 9.65. The average molecular weight is 276 g/mol. The van der Waals surface area contributed by atoms with Crippen molar-refractivity contribution >= 4 is 5.78 Å². The first-order valence-electron chi connectivity index (χ1n) is 7.96. The number of hydrogen-bond donors (Lipinski definition) is 1. The van der Waals surface area contributed by atoms with Crippen LogP contribution < -0.4 is 0 Å². The van der Waals surface area contributed by atoms with Crippen LogP contribution in [-0.2, 0) is 6.42 Å². The minimum Gasteiger partial charge on any atom is -0.385 e. The molecule has 0 heterocycles. The van der Waals surface area contributed by atoms with Gasteiger partial charge >= 0.3 is 0 Å². The first-order valence-corrected chi connectivity index (χ1v) is 7.96. The van der Waals surface area contributed by atoms with Gasteiger partial charge in [-0.25, -0.2) is 0 Å². The van der Waals surface area contributed by atoms with Crippen molar-refractivity contribution < 1.29 is 9.90 Å². The van der Waals surface area contributed by atoms with Crippen LogP contribution in [0.1, 0.15) is 74.7 Å². The summed E-state index contributed by atoms with van der Waals surface area (Å²) in [6.07, 6.45) is 9.21. The van der Waals surface area contributed by atoms with E-state index in [1.165, 1.54) is 57.4 Å². The smallest absolute Gasteiger partial charge is 0.190 e. The minimum atomic E-state index is -0.913. The molecule has 20 heavy (non-hydrogen) atoms. The van der Waals surface area contributed by atoms with Gasteiger partial charge in [0, 0.05) is 5.56 Å². The highest BCUT2D eigenvalue weighted by atomic mass is 16.3. The molecule has 0 aromatic heterocycles. The first kappa shape index (κ1) is 16.9. The molecule has 0 fully saturated rings. The summed E-state index contributed by atoms with van der Waals surface area (Å²) in [7, 11) is 0. The molecule has 0 amide bonds. The Hall–Kier alpha value is -1.15. The zero-order valence-electron chi connectivity index (χ0n) is 12.9.